The number of hydrogen-bond acceptors (Lipinski definition) is 10. The molecule has 1 aromatic carbocycles. The molecule has 0 radical (unpaired) electrons. The van der Waals surface area contributed by atoms with Crippen molar-refractivity contribution in [3.8, 4) is 22.8 Å². The summed E-state index contributed by atoms with van der Waals surface area (Å²) in [5, 5.41) is 10.4. The molecule has 0 saturated carbocycles. The van der Waals surface area contributed by atoms with Gasteiger partial charge in [0.15, 0.2) is 0 Å². The van der Waals surface area contributed by atoms with Gasteiger partial charge >= 0.3 is 18.0 Å². The van der Waals surface area contributed by atoms with Crippen LogP contribution in [0.15, 0.2) is 44.2 Å². The Labute approximate surface area is 211 Å². The second-order valence-corrected chi connectivity index (χ2v) is 9.43. The van der Waals surface area contributed by atoms with E-state index >= 15 is 0 Å². The van der Waals surface area contributed by atoms with Crippen molar-refractivity contribution in [2.45, 2.75) is 52.2 Å². The normalized spacial score (nSPS) is 15.6. The molecule has 1 saturated heterocycles. The molecule has 1 aliphatic heterocycles. The molecule has 11 nitrogen and oxygen atoms in total. The zero-order valence-electron chi connectivity index (χ0n) is 20.9. The highest BCUT2D eigenvalue weighted by Crippen LogP contribution is 2.32. The van der Waals surface area contributed by atoms with Crippen molar-refractivity contribution in [3.63, 3.8) is 0 Å². The summed E-state index contributed by atoms with van der Waals surface area (Å²) in [4.78, 5) is 51.6. The van der Waals surface area contributed by atoms with E-state index in [9.17, 15) is 24.3 Å². The van der Waals surface area contributed by atoms with Crippen molar-refractivity contribution < 1.29 is 42.5 Å². The molecule has 0 spiro atoms. The summed E-state index contributed by atoms with van der Waals surface area (Å²) >= 11 is 0. The van der Waals surface area contributed by atoms with Crippen LogP contribution in [0.2, 0.25) is 0 Å². The molecule has 0 aliphatic carbocycles. The fourth-order valence-corrected chi connectivity index (χ4v) is 3.97. The van der Waals surface area contributed by atoms with Gasteiger partial charge < -0.3 is 28.2 Å². The van der Waals surface area contributed by atoms with Crippen LogP contribution >= 0.6 is 0 Å². The lowest BCUT2D eigenvalue weighted by atomic mass is 10.1. The molecule has 1 N–H and O–H groups in total. The van der Waals surface area contributed by atoms with E-state index in [1.807, 2.05) is 0 Å². The number of esters is 2. The standard InChI is InChI=1S/C26H27NO10/c1-5-33-24(31)19-9-8-18(36-19)15-13-34-20-12-14(11-17(28)21(20)22(15)29)35-23(30)16-7-6-10-27(16)25(32)37-26(2,3)4/h8-9,11-13,16,28H,5-7,10H2,1-4H3. The van der Waals surface area contributed by atoms with Crippen LogP contribution in [-0.2, 0) is 14.3 Å². The number of likely N-dealkylation sites (tertiary alicyclic amines) is 1. The Kier molecular flexibility index (Phi) is 6.97. The molecule has 196 valence electrons. The van der Waals surface area contributed by atoms with Crippen molar-refractivity contribution in [1.82, 2.24) is 4.90 Å². The van der Waals surface area contributed by atoms with Gasteiger partial charge in [0.05, 0.1) is 6.61 Å². The highest BCUT2D eigenvalue weighted by atomic mass is 16.6. The van der Waals surface area contributed by atoms with E-state index in [0.29, 0.717) is 19.4 Å². The van der Waals surface area contributed by atoms with E-state index in [2.05, 4.69) is 0 Å². The first-order valence-corrected chi connectivity index (χ1v) is 11.8. The van der Waals surface area contributed by atoms with Gasteiger partial charge in [0, 0.05) is 18.7 Å². The first kappa shape index (κ1) is 25.8. The van der Waals surface area contributed by atoms with Crippen LogP contribution < -0.4 is 10.2 Å². The maximum Gasteiger partial charge on any atom is 0.411 e. The molecular formula is C26H27NO10. The second kappa shape index (κ2) is 10.00. The maximum absolute atomic E-state index is 13.1. The number of rotatable bonds is 5. The second-order valence-electron chi connectivity index (χ2n) is 9.43. The predicted octanol–water partition coefficient (Wildman–Crippen LogP) is 4.24. The number of nitrogens with zero attached hydrogens (tertiary/aromatic N) is 1. The van der Waals surface area contributed by atoms with Gasteiger partial charge in [-0.05, 0) is 52.7 Å². The van der Waals surface area contributed by atoms with Crippen LogP contribution in [0, 0.1) is 0 Å². The average molecular weight is 513 g/mol. The number of benzene rings is 1. The summed E-state index contributed by atoms with van der Waals surface area (Å²) in [5.74, 6) is -1.97. The summed E-state index contributed by atoms with van der Waals surface area (Å²) in [6, 6.07) is 4.32. The largest absolute Gasteiger partial charge is 0.507 e. The van der Waals surface area contributed by atoms with Crippen LogP contribution in [0.25, 0.3) is 22.3 Å². The molecule has 3 heterocycles. The fraction of sp³-hybridized carbons (Fsp3) is 0.385. The van der Waals surface area contributed by atoms with Gasteiger partial charge in [-0.15, -0.1) is 0 Å². The van der Waals surface area contributed by atoms with Gasteiger partial charge in [-0.2, -0.15) is 0 Å². The SMILES string of the molecule is CCOC(=O)c1ccc(-c2coc3cc(OC(=O)C4CCCN4C(=O)OC(C)(C)C)cc(O)c3c2=O)o1. The highest BCUT2D eigenvalue weighted by Gasteiger charge is 2.38. The number of furan rings is 1. The number of fused-ring (bicyclic) bond motifs is 1. The third-order valence-electron chi connectivity index (χ3n) is 5.55. The van der Waals surface area contributed by atoms with E-state index in [0.717, 1.165) is 12.3 Å². The summed E-state index contributed by atoms with van der Waals surface area (Å²) in [7, 11) is 0. The lowest BCUT2D eigenvalue weighted by Gasteiger charge is -2.27. The fourth-order valence-electron chi connectivity index (χ4n) is 3.97. The molecule has 0 bridgehead atoms. The average Bonchev–Trinajstić information content (AvgIpc) is 3.48. The molecule has 1 atom stereocenters. The first-order chi connectivity index (χ1) is 17.5. The van der Waals surface area contributed by atoms with E-state index in [1.165, 1.54) is 23.1 Å². The highest BCUT2D eigenvalue weighted by molar-refractivity contribution is 5.90. The third-order valence-corrected chi connectivity index (χ3v) is 5.55. The van der Waals surface area contributed by atoms with Gasteiger partial charge in [-0.3, -0.25) is 9.69 Å². The lowest BCUT2D eigenvalue weighted by Crippen LogP contribution is -2.44. The lowest BCUT2D eigenvalue weighted by molar-refractivity contribution is -0.139. The van der Waals surface area contributed by atoms with E-state index in [-0.39, 0.29) is 40.4 Å². The number of amides is 1. The molecule has 1 aliphatic rings. The number of carbonyl (C=O) groups excluding carboxylic acids is 3. The molecular weight excluding hydrogens is 486 g/mol. The smallest absolute Gasteiger partial charge is 0.411 e. The molecule has 3 aromatic rings. The zero-order chi connectivity index (χ0) is 26.9. The number of aromatic hydroxyl groups is 1. The number of hydrogen-bond donors (Lipinski definition) is 1. The number of phenolic OH excluding ortho intramolecular Hbond substituents is 1. The van der Waals surface area contributed by atoms with Gasteiger partial charge in [-0.25, -0.2) is 14.4 Å². The first-order valence-electron chi connectivity index (χ1n) is 11.8. The molecule has 4 rings (SSSR count). The summed E-state index contributed by atoms with van der Waals surface area (Å²) in [6.45, 7) is 7.36. The molecule has 37 heavy (non-hydrogen) atoms. The third kappa shape index (κ3) is 5.45. The van der Waals surface area contributed by atoms with Crippen LogP contribution in [0.4, 0.5) is 4.79 Å². The Hall–Kier alpha value is -4.28. The minimum atomic E-state index is -0.852. The van der Waals surface area contributed by atoms with E-state index < -0.39 is 40.9 Å². The Morgan fingerprint density at radius 3 is 2.65 bits per heavy atom. The molecule has 11 heteroatoms. The van der Waals surface area contributed by atoms with Crippen molar-refractivity contribution in [2.75, 3.05) is 13.2 Å². The van der Waals surface area contributed by atoms with E-state index in [4.69, 9.17) is 23.0 Å². The van der Waals surface area contributed by atoms with Gasteiger partial charge in [-0.1, -0.05) is 0 Å². The summed E-state index contributed by atoms with van der Waals surface area (Å²) in [6.07, 6.45) is 1.50. The van der Waals surface area contributed by atoms with Gasteiger partial charge in [0.2, 0.25) is 11.2 Å². The van der Waals surface area contributed by atoms with Crippen molar-refractivity contribution in [2.24, 2.45) is 0 Å². The Balaban J connectivity index is 1.57. The van der Waals surface area contributed by atoms with Crippen LogP contribution in [-0.4, -0.2) is 52.8 Å². The monoisotopic (exact) mass is 513 g/mol. The number of ether oxygens (including phenoxy) is 3. The quantitative estimate of drug-likeness (QED) is 0.388. The summed E-state index contributed by atoms with van der Waals surface area (Å²) < 4.78 is 26.6. The van der Waals surface area contributed by atoms with Crippen molar-refractivity contribution in [1.29, 1.82) is 0 Å². The van der Waals surface area contributed by atoms with Crippen molar-refractivity contribution in [3.05, 3.63) is 46.5 Å². The van der Waals surface area contributed by atoms with Crippen LogP contribution in [0.3, 0.4) is 0 Å². The van der Waals surface area contributed by atoms with Gasteiger partial charge in [0.1, 0.15) is 51.7 Å². The van der Waals surface area contributed by atoms with Crippen LogP contribution in [0.1, 0.15) is 51.1 Å². The van der Waals surface area contributed by atoms with Crippen molar-refractivity contribution >= 4 is 29.0 Å². The minimum absolute atomic E-state index is 0.0259. The molecule has 1 unspecified atom stereocenters. The molecule has 1 fully saturated rings. The molecule has 2 aromatic heterocycles. The van der Waals surface area contributed by atoms with Gasteiger partial charge in [0.25, 0.3) is 0 Å². The predicted molar refractivity (Wildman–Crippen MR) is 129 cm³/mol. The Morgan fingerprint density at radius 2 is 1.95 bits per heavy atom. The topological polar surface area (TPSA) is 146 Å². The zero-order valence-corrected chi connectivity index (χ0v) is 20.9. The number of carbonyl (C=O) groups is 3. The van der Waals surface area contributed by atoms with E-state index in [1.54, 1.807) is 27.7 Å². The Morgan fingerprint density at radius 1 is 1.19 bits per heavy atom. The van der Waals surface area contributed by atoms with Crippen LogP contribution in [0.5, 0.6) is 11.5 Å². The maximum atomic E-state index is 13.1. The minimum Gasteiger partial charge on any atom is -0.507 e. The number of phenols is 1. The molecule has 1 amide bonds. The Bertz CT molecular complexity index is 1410. The summed E-state index contributed by atoms with van der Waals surface area (Å²) in [5.41, 5.74) is -1.40.